The van der Waals surface area contributed by atoms with Crippen molar-refractivity contribution in [2.45, 2.75) is 6.54 Å². The minimum absolute atomic E-state index is 0.282. The molecule has 3 amide bonds. The van der Waals surface area contributed by atoms with Gasteiger partial charge in [-0.2, -0.15) is 5.10 Å². The summed E-state index contributed by atoms with van der Waals surface area (Å²) in [5.41, 5.74) is 1.77. The van der Waals surface area contributed by atoms with E-state index >= 15 is 0 Å². The van der Waals surface area contributed by atoms with Gasteiger partial charge in [0, 0.05) is 30.2 Å². The van der Waals surface area contributed by atoms with E-state index in [0.29, 0.717) is 11.4 Å². The van der Waals surface area contributed by atoms with Gasteiger partial charge >= 0.3 is 0 Å². The molecule has 0 bridgehead atoms. The summed E-state index contributed by atoms with van der Waals surface area (Å²) in [5.74, 6) is -0.751. The number of imide groups is 1. The monoisotopic (exact) mass is 438 g/mol. The number of carbonyl (C=O) groups excluding carboxylic acids is 3. The minimum atomic E-state index is -0.433. The number of hydrogen-bond acceptors (Lipinski definition) is 6. The van der Waals surface area contributed by atoms with Crippen molar-refractivity contribution in [3.8, 4) is 5.69 Å². The Morgan fingerprint density at radius 2 is 1.97 bits per heavy atom. The molecule has 1 aromatic carbocycles. The van der Waals surface area contributed by atoms with Crippen LogP contribution in [0.2, 0.25) is 0 Å². The third kappa shape index (κ3) is 4.37. The van der Waals surface area contributed by atoms with Crippen molar-refractivity contribution in [1.82, 2.24) is 19.6 Å². The molecule has 0 unspecified atom stereocenters. The molecule has 1 aliphatic rings. The van der Waals surface area contributed by atoms with Gasteiger partial charge in [-0.1, -0.05) is 24.3 Å². The fourth-order valence-electron chi connectivity index (χ4n) is 2.92. The van der Waals surface area contributed by atoms with Crippen LogP contribution in [0.4, 0.5) is 4.79 Å². The lowest BCUT2D eigenvalue weighted by Gasteiger charge is -2.19. The van der Waals surface area contributed by atoms with Gasteiger partial charge in [0.15, 0.2) is 0 Å². The standard InChI is InChI=1S/C21H18N4O3S2/c1-23(12-15-11-22-25(13-15)16-6-3-2-4-7-16)19(26)14-24-20(27)18(30-21(24)28)10-17-8-5-9-29-17/h2-11,13H,12,14H2,1H3/b18-10-. The summed E-state index contributed by atoms with van der Waals surface area (Å²) in [6, 6.07) is 13.4. The fourth-order valence-corrected chi connectivity index (χ4v) is 4.48. The lowest BCUT2D eigenvalue weighted by molar-refractivity contribution is -0.135. The lowest BCUT2D eigenvalue weighted by atomic mass is 10.3. The number of aromatic nitrogens is 2. The first-order valence-electron chi connectivity index (χ1n) is 9.13. The summed E-state index contributed by atoms with van der Waals surface area (Å²) >= 11 is 2.34. The van der Waals surface area contributed by atoms with Crippen LogP contribution in [0.3, 0.4) is 0 Å². The molecule has 152 valence electrons. The van der Waals surface area contributed by atoms with Gasteiger partial charge in [0.25, 0.3) is 11.1 Å². The van der Waals surface area contributed by atoms with Crippen molar-refractivity contribution in [2.24, 2.45) is 0 Å². The van der Waals surface area contributed by atoms with Crippen LogP contribution < -0.4 is 0 Å². The molecule has 0 atom stereocenters. The van der Waals surface area contributed by atoms with E-state index in [-0.39, 0.29) is 12.5 Å². The number of benzene rings is 1. The van der Waals surface area contributed by atoms with E-state index in [1.165, 1.54) is 16.2 Å². The number of rotatable bonds is 6. The number of thiophene rings is 1. The molecule has 0 spiro atoms. The highest BCUT2D eigenvalue weighted by Gasteiger charge is 2.36. The molecule has 30 heavy (non-hydrogen) atoms. The highest BCUT2D eigenvalue weighted by Crippen LogP contribution is 2.32. The Labute approximate surface area is 181 Å². The second-order valence-corrected chi connectivity index (χ2v) is 8.63. The summed E-state index contributed by atoms with van der Waals surface area (Å²) < 4.78 is 1.74. The largest absolute Gasteiger partial charge is 0.340 e. The van der Waals surface area contributed by atoms with Crippen molar-refractivity contribution in [2.75, 3.05) is 13.6 Å². The van der Waals surface area contributed by atoms with Gasteiger partial charge in [0.1, 0.15) is 6.54 Å². The van der Waals surface area contributed by atoms with Crippen LogP contribution in [0.5, 0.6) is 0 Å². The second kappa shape index (κ2) is 8.68. The topological polar surface area (TPSA) is 75.5 Å². The lowest BCUT2D eigenvalue weighted by Crippen LogP contribution is -2.40. The Hall–Kier alpha value is -3.17. The molecule has 1 aliphatic heterocycles. The Kier molecular flexibility index (Phi) is 5.82. The summed E-state index contributed by atoms with van der Waals surface area (Å²) in [7, 11) is 1.64. The summed E-state index contributed by atoms with van der Waals surface area (Å²) in [6.45, 7) is 0.0443. The van der Waals surface area contributed by atoms with E-state index in [1.54, 1.807) is 24.0 Å². The molecular formula is C21H18N4O3S2. The van der Waals surface area contributed by atoms with Crippen molar-refractivity contribution in [3.05, 3.63) is 75.6 Å². The number of nitrogens with zero attached hydrogens (tertiary/aromatic N) is 4. The molecule has 9 heteroatoms. The van der Waals surface area contributed by atoms with E-state index in [0.717, 1.165) is 32.8 Å². The van der Waals surface area contributed by atoms with E-state index in [1.807, 2.05) is 54.0 Å². The third-order valence-corrected chi connectivity index (χ3v) is 6.21. The molecule has 0 radical (unpaired) electrons. The van der Waals surface area contributed by atoms with Gasteiger partial charge in [-0.3, -0.25) is 19.3 Å². The highest BCUT2D eigenvalue weighted by molar-refractivity contribution is 8.18. The second-order valence-electron chi connectivity index (χ2n) is 6.66. The van der Waals surface area contributed by atoms with Gasteiger partial charge in [-0.25, -0.2) is 4.68 Å². The molecular weight excluding hydrogens is 420 g/mol. The summed E-state index contributed by atoms with van der Waals surface area (Å²) in [6.07, 6.45) is 5.23. The Balaban J connectivity index is 1.38. The number of para-hydroxylation sites is 1. The first kappa shape index (κ1) is 20.1. The Morgan fingerprint density at radius 1 is 1.17 bits per heavy atom. The Morgan fingerprint density at radius 3 is 2.70 bits per heavy atom. The first-order valence-corrected chi connectivity index (χ1v) is 10.8. The molecule has 7 nitrogen and oxygen atoms in total. The molecule has 3 aromatic rings. The van der Waals surface area contributed by atoms with Crippen LogP contribution in [-0.2, 0) is 16.1 Å². The summed E-state index contributed by atoms with van der Waals surface area (Å²) in [4.78, 5) is 41.1. The molecule has 0 N–H and O–H groups in total. The van der Waals surface area contributed by atoms with E-state index in [9.17, 15) is 14.4 Å². The SMILES string of the molecule is CN(Cc1cnn(-c2ccccc2)c1)C(=O)CN1C(=O)S/C(=C\c2cccs2)C1=O. The molecule has 0 saturated carbocycles. The van der Waals surface area contributed by atoms with Gasteiger partial charge in [0.05, 0.1) is 16.8 Å². The molecule has 4 rings (SSSR count). The van der Waals surface area contributed by atoms with Crippen molar-refractivity contribution < 1.29 is 14.4 Å². The average Bonchev–Trinajstić information content (AvgIpc) is 3.48. The normalized spacial score (nSPS) is 15.2. The maximum Gasteiger partial charge on any atom is 0.294 e. The first-order chi connectivity index (χ1) is 14.5. The predicted octanol–water partition coefficient (Wildman–Crippen LogP) is 3.63. The zero-order chi connectivity index (χ0) is 21.1. The van der Waals surface area contributed by atoms with Crippen LogP contribution in [0.25, 0.3) is 11.8 Å². The minimum Gasteiger partial charge on any atom is -0.340 e. The van der Waals surface area contributed by atoms with Crippen LogP contribution in [0.1, 0.15) is 10.4 Å². The molecule has 1 saturated heterocycles. The predicted molar refractivity (Wildman–Crippen MR) is 117 cm³/mol. The highest BCUT2D eigenvalue weighted by atomic mass is 32.2. The fraction of sp³-hybridized carbons (Fsp3) is 0.143. The van der Waals surface area contributed by atoms with Crippen molar-refractivity contribution in [1.29, 1.82) is 0 Å². The third-order valence-electron chi connectivity index (χ3n) is 4.49. The van der Waals surface area contributed by atoms with Crippen LogP contribution in [-0.4, -0.2) is 50.2 Å². The summed E-state index contributed by atoms with van der Waals surface area (Å²) in [5, 5.41) is 5.79. The molecule has 3 heterocycles. The number of likely N-dealkylation sites (N-methyl/N-ethyl adjacent to an activating group) is 1. The van der Waals surface area contributed by atoms with Crippen LogP contribution in [0.15, 0.2) is 65.1 Å². The van der Waals surface area contributed by atoms with Crippen LogP contribution >= 0.6 is 23.1 Å². The van der Waals surface area contributed by atoms with Gasteiger partial charge < -0.3 is 4.90 Å². The van der Waals surface area contributed by atoms with Gasteiger partial charge in [0.2, 0.25) is 5.91 Å². The van der Waals surface area contributed by atoms with E-state index in [4.69, 9.17) is 0 Å². The Bertz CT molecular complexity index is 1110. The van der Waals surface area contributed by atoms with E-state index in [2.05, 4.69) is 5.10 Å². The van der Waals surface area contributed by atoms with Crippen LogP contribution in [0, 0.1) is 0 Å². The average molecular weight is 439 g/mol. The number of hydrogen-bond donors (Lipinski definition) is 0. The maximum absolute atomic E-state index is 12.6. The molecule has 0 aliphatic carbocycles. The molecule has 1 fully saturated rings. The van der Waals surface area contributed by atoms with Crippen molar-refractivity contribution in [3.63, 3.8) is 0 Å². The number of carbonyl (C=O) groups is 3. The number of amides is 3. The zero-order valence-electron chi connectivity index (χ0n) is 16.1. The zero-order valence-corrected chi connectivity index (χ0v) is 17.7. The van der Waals surface area contributed by atoms with Crippen molar-refractivity contribution >= 4 is 46.2 Å². The quantitative estimate of drug-likeness (QED) is 0.550. The van der Waals surface area contributed by atoms with Gasteiger partial charge in [-0.15, -0.1) is 11.3 Å². The smallest absolute Gasteiger partial charge is 0.294 e. The van der Waals surface area contributed by atoms with E-state index < -0.39 is 11.1 Å². The molecule has 2 aromatic heterocycles. The van der Waals surface area contributed by atoms with Gasteiger partial charge in [-0.05, 0) is 41.4 Å². The number of thioether (sulfide) groups is 1. The maximum atomic E-state index is 12.6.